The summed E-state index contributed by atoms with van der Waals surface area (Å²) in [6, 6.07) is 0. The average Bonchev–Trinajstić information content (AvgIpc) is 3.11. The molecule has 2 aromatic rings. The molecular formula is C17H21N3O4S3. The summed E-state index contributed by atoms with van der Waals surface area (Å²) in [6.45, 7) is 2.25. The maximum absolute atomic E-state index is 12.0. The van der Waals surface area contributed by atoms with Gasteiger partial charge >= 0.3 is 5.97 Å². The van der Waals surface area contributed by atoms with Crippen LogP contribution in [0.4, 0.5) is 5.82 Å². The number of hydrogen-bond donors (Lipinski definition) is 1. The smallest absolute Gasteiger partial charge is 0.316 e. The summed E-state index contributed by atoms with van der Waals surface area (Å²) in [6.07, 6.45) is 3.04. The molecule has 3 heterocycles. The van der Waals surface area contributed by atoms with Crippen LogP contribution in [0.1, 0.15) is 30.2 Å². The first-order valence-electron chi connectivity index (χ1n) is 8.91. The van der Waals surface area contributed by atoms with Crippen molar-refractivity contribution in [3.8, 4) is 0 Å². The topological polar surface area (TPSA) is 112 Å². The Kier molecular flexibility index (Phi) is 5.06. The van der Waals surface area contributed by atoms with Crippen LogP contribution in [0, 0.1) is 5.92 Å². The summed E-state index contributed by atoms with van der Waals surface area (Å²) in [7, 11) is -3.07. The van der Waals surface area contributed by atoms with Crippen molar-refractivity contribution >= 4 is 54.9 Å². The lowest BCUT2D eigenvalue weighted by Crippen LogP contribution is -2.20. The van der Waals surface area contributed by atoms with Gasteiger partial charge in [-0.3, -0.25) is 4.79 Å². The fourth-order valence-corrected chi connectivity index (χ4v) is 7.28. The molecule has 1 aliphatic carbocycles. The van der Waals surface area contributed by atoms with Gasteiger partial charge in [-0.1, -0.05) is 18.7 Å². The zero-order valence-electron chi connectivity index (χ0n) is 14.9. The van der Waals surface area contributed by atoms with Gasteiger partial charge in [-0.25, -0.2) is 18.4 Å². The Bertz CT molecular complexity index is 1000. The number of ether oxygens (including phenoxy) is 1. The fraction of sp³-hybridized carbons (Fsp3) is 0.588. The summed E-state index contributed by atoms with van der Waals surface area (Å²) in [5, 5.41) is 1.41. The number of anilines is 1. The Hall–Kier alpha value is -1.39. The number of sulfone groups is 1. The SMILES string of the molecule is C[C@H]1CCc2c(sc3nc(SCC(=O)O[C@H]4CCS(=O)(=O)C4)nc(N)c23)C1. The lowest BCUT2D eigenvalue weighted by Gasteiger charge is -2.17. The first-order chi connectivity index (χ1) is 12.8. The highest BCUT2D eigenvalue weighted by molar-refractivity contribution is 7.99. The molecule has 7 nitrogen and oxygen atoms in total. The van der Waals surface area contributed by atoms with Crippen LogP contribution in [-0.2, 0) is 32.2 Å². The Morgan fingerprint density at radius 3 is 2.93 bits per heavy atom. The van der Waals surface area contributed by atoms with Crippen LogP contribution in [0.15, 0.2) is 5.16 Å². The molecule has 1 aliphatic heterocycles. The largest absolute Gasteiger partial charge is 0.461 e. The van der Waals surface area contributed by atoms with Crippen LogP contribution >= 0.6 is 23.1 Å². The molecule has 0 saturated carbocycles. The average molecular weight is 428 g/mol. The molecule has 0 aromatic carbocycles. The number of aromatic nitrogens is 2. The number of esters is 1. The normalized spacial score (nSPS) is 24.0. The van der Waals surface area contributed by atoms with Gasteiger partial charge in [0.2, 0.25) is 0 Å². The molecular weight excluding hydrogens is 406 g/mol. The third-order valence-electron chi connectivity index (χ3n) is 4.97. The Morgan fingerprint density at radius 1 is 1.37 bits per heavy atom. The molecule has 2 N–H and O–H groups in total. The molecule has 0 spiro atoms. The standard InChI is InChI=1S/C17H21N3O4S3/c1-9-2-3-11-12(6-9)26-16-14(11)15(18)19-17(20-16)25-7-13(21)24-10-4-5-27(22,23)8-10/h9-10H,2-8H2,1H3,(H2,18,19,20)/t9-,10-/m0/s1. The number of fused-ring (bicyclic) bond motifs is 3. The molecule has 4 rings (SSSR count). The van der Waals surface area contributed by atoms with Gasteiger partial charge in [-0.05, 0) is 37.2 Å². The van der Waals surface area contributed by atoms with E-state index in [1.807, 2.05) is 0 Å². The zero-order valence-corrected chi connectivity index (χ0v) is 17.4. The number of rotatable bonds is 4. The van der Waals surface area contributed by atoms with Gasteiger partial charge in [0.25, 0.3) is 0 Å². The molecule has 10 heteroatoms. The molecule has 27 heavy (non-hydrogen) atoms. The molecule has 2 aromatic heterocycles. The highest BCUT2D eigenvalue weighted by atomic mass is 32.2. The lowest BCUT2D eigenvalue weighted by atomic mass is 9.89. The lowest BCUT2D eigenvalue weighted by molar-refractivity contribution is -0.144. The molecule has 1 fully saturated rings. The van der Waals surface area contributed by atoms with Gasteiger partial charge in [0.1, 0.15) is 16.8 Å². The Balaban J connectivity index is 1.44. The van der Waals surface area contributed by atoms with E-state index in [4.69, 9.17) is 10.5 Å². The van der Waals surface area contributed by atoms with Crippen molar-refractivity contribution in [2.75, 3.05) is 23.0 Å². The van der Waals surface area contributed by atoms with Gasteiger partial charge in [-0.2, -0.15) is 0 Å². The maximum atomic E-state index is 12.0. The molecule has 0 bridgehead atoms. The first kappa shape index (κ1) is 18.9. The van der Waals surface area contributed by atoms with Crippen molar-refractivity contribution < 1.29 is 17.9 Å². The number of nitrogen functional groups attached to an aromatic ring is 1. The highest BCUT2D eigenvalue weighted by Gasteiger charge is 2.30. The molecule has 1 saturated heterocycles. The van der Waals surface area contributed by atoms with E-state index in [-0.39, 0.29) is 17.3 Å². The summed E-state index contributed by atoms with van der Waals surface area (Å²) in [5.41, 5.74) is 7.47. The van der Waals surface area contributed by atoms with Crippen molar-refractivity contribution in [1.82, 2.24) is 9.97 Å². The second kappa shape index (κ2) is 7.21. The molecule has 146 valence electrons. The van der Waals surface area contributed by atoms with Crippen molar-refractivity contribution in [3.05, 3.63) is 10.4 Å². The van der Waals surface area contributed by atoms with Gasteiger partial charge < -0.3 is 10.5 Å². The molecule has 0 radical (unpaired) electrons. The molecule has 2 aliphatic rings. The van der Waals surface area contributed by atoms with Crippen molar-refractivity contribution in [2.45, 2.75) is 43.9 Å². The van der Waals surface area contributed by atoms with E-state index < -0.39 is 21.9 Å². The van der Waals surface area contributed by atoms with Crippen molar-refractivity contribution in [2.24, 2.45) is 5.92 Å². The number of nitrogens with zero attached hydrogens (tertiary/aromatic N) is 2. The summed E-state index contributed by atoms with van der Waals surface area (Å²) < 4.78 is 28.1. The molecule has 2 atom stereocenters. The van der Waals surface area contributed by atoms with E-state index in [9.17, 15) is 13.2 Å². The number of nitrogens with two attached hydrogens (primary N) is 1. The molecule has 0 amide bonds. The number of hydrogen-bond acceptors (Lipinski definition) is 9. The van der Waals surface area contributed by atoms with Crippen LogP contribution in [0.2, 0.25) is 0 Å². The van der Waals surface area contributed by atoms with E-state index in [0.29, 0.717) is 23.3 Å². The number of aryl methyl sites for hydroxylation is 1. The fourth-order valence-electron chi connectivity index (χ4n) is 3.61. The quantitative estimate of drug-likeness (QED) is 0.449. The van der Waals surface area contributed by atoms with E-state index in [1.54, 1.807) is 11.3 Å². The highest BCUT2D eigenvalue weighted by Crippen LogP contribution is 2.39. The number of carbonyl (C=O) groups excluding carboxylic acids is 1. The number of thiophene rings is 1. The third kappa shape index (κ3) is 4.07. The van der Waals surface area contributed by atoms with E-state index in [0.717, 1.165) is 29.5 Å². The van der Waals surface area contributed by atoms with Crippen LogP contribution in [0.5, 0.6) is 0 Å². The summed E-state index contributed by atoms with van der Waals surface area (Å²) in [4.78, 5) is 23.2. The minimum Gasteiger partial charge on any atom is -0.461 e. The van der Waals surface area contributed by atoms with Gasteiger partial charge in [0.05, 0.1) is 22.6 Å². The van der Waals surface area contributed by atoms with Gasteiger partial charge in [0, 0.05) is 4.88 Å². The number of thioether (sulfide) groups is 1. The van der Waals surface area contributed by atoms with E-state index >= 15 is 0 Å². The Labute approximate surface area is 166 Å². The van der Waals surface area contributed by atoms with Crippen LogP contribution < -0.4 is 5.73 Å². The van der Waals surface area contributed by atoms with Crippen molar-refractivity contribution in [3.63, 3.8) is 0 Å². The van der Waals surface area contributed by atoms with Crippen LogP contribution in [0.3, 0.4) is 0 Å². The summed E-state index contributed by atoms with van der Waals surface area (Å²) in [5.74, 6) is 0.703. The van der Waals surface area contributed by atoms with Gasteiger partial charge in [-0.15, -0.1) is 11.3 Å². The van der Waals surface area contributed by atoms with Gasteiger partial charge in [0.15, 0.2) is 15.0 Å². The summed E-state index contributed by atoms with van der Waals surface area (Å²) >= 11 is 2.83. The Morgan fingerprint density at radius 2 is 2.19 bits per heavy atom. The van der Waals surface area contributed by atoms with Crippen LogP contribution in [-0.4, -0.2) is 47.7 Å². The minimum atomic E-state index is -3.07. The van der Waals surface area contributed by atoms with E-state index in [2.05, 4.69) is 16.9 Å². The second-order valence-electron chi connectivity index (χ2n) is 7.23. The predicted molar refractivity (Wildman–Crippen MR) is 107 cm³/mol. The number of carbonyl (C=O) groups is 1. The maximum Gasteiger partial charge on any atom is 0.316 e. The monoisotopic (exact) mass is 427 g/mol. The van der Waals surface area contributed by atoms with Crippen LogP contribution in [0.25, 0.3) is 10.2 Å². The molecule has 0 unspecified atom stereocenters. The third-order valence-corrected chi connectivity index (χ3v) is 8.68. The first-order valence-corrected chi connectivity index (χ1v) is 12.5. The zero-order chi connectivity index (χ0) is 19.2. The van der Waals surface area contributed by atoms with Crippen molar-refractivity contribution in [1.29, 1.82) is 0 Å². The predicted octanol–water partition coefficient (Wildman–Crippen LogP) is 2.22. The van der Waals surface area contributed by atoms with E-state index in [1.165, 1.54) is 22.2 Å². The second-order valence-corrected chi connectivity index (χ2v) is 11.5. The minimum absolute atomic E-state index is 0.0314.